The fraction of sp³-hybridized carbons (Fsp3) is 0.357. The molecule has 3 nitrogen and oxygen atoms in total. The lowest BCUT2D eigenvalue weighted by Crippen LogP contribution is -2.38. The monoisotopic (exact) mass is 285 g/mol. The van der Waals surface area contributed by atoms with Crippen molar-refractivity contribution in [1.29, 1.82) is 0 Å². The second-order valence-corrected chi connectivity index (χ2v) is 4.52. The normalized spacial score (nSPS) is 11.8. The number of furan rings is 1. The van der Waals surface area contributed by atoms with Crippen LogP contribution in [0, 0.1) is 6.92 Å². The third kappa shape index (κ3) is 2.95. The molecule has 1 aromatic carbocycles. The molecular weight excluding hydrogens is 271 g/mol. The van der Waals surface area contributed by atoms with Crippen molar-refractivity contribution in [2.75, 3.05) is 13.1 Å². The van der Waals surface area contributed by atoms with Gasteiger partial charge in [-0.25, -0.2) is 0 Å². The van der Waals surface area contributed by atoms with Crippen LogP contribution in [0.5, 0.6) is 0 Å². The van der Waals surface area contributed by atoms with Gasteiger partial charge in [-0.15, -0.1) is 0 Å². The van der Waals surface area contributed by atoms with E-state index in [1.54, 1.807) is 25.1 Å². The van der Waals surface area contributed by atoms with Crippen LogP contribution in [0.4, 0.5) is 13.2 Å². The summed E-state index contributed by atoms with van der Waals surface area (Å²) in [5, 5.41) is 0.705. The molecule has 0 spiro atoms. The van der Waals surface area contributed by atoms with Gasteiger partial charge in [0.2, 0.25) is 0 Å². The average Bonchev–Trinajstić information content (AvgIpc) is 2.73. The highest BCUT2D eigenvalue weighted by molar-refractivity contribution is 6.05. The molecule has 0 saturated heterocycles. The quantitative estimate of drug-likeness (QED) is 0.860. The number of halogens is 3. The Hall–Kier alpha value is -1.98. The van der Waals surface area contributed by atoms with Crippen LogP contribution in [0.25, 0.3) is 11.0 Å². The molecule has 0 N–H and O–H groups in total. The number of alkyl halides is 3. The Labute approximate surface area is 114 Å². The van der Waals surface area contributed by atoms with E-state index >= 15 is 0 Å². The summed E-state index contributed by atoms with van der Waals surface area (Å²) in [6, 6.07) is 6.60. The van der Waals surface area contributed by atoms with Crippen molar-refractivity contribution in [1.82, 2.24) is 4.90 Å². The third-order valence-electron chi connectivity index (χ3n) is 2.94. The van der Waals surface area contributed by atoms with E-state index in [4.69, 9.17) is 4.42 Å². The molecule has 0 bridgehead atoms. The largest absolute Gasteiger partial charge is 0.461 e. The molecule has 0 atom stereocenters. The Morgan fingerprint density at radius 3 is 2.65 bits per heavy atom. The van der Waals surface area contributed by atoms with Gasteiger partial charge in [0.1, 0.15) is 17.9 Å². The van der Waals surface area contributed by atoms with Gasteiger partial charge < -0.3 is 9.32 Å². The zero-order valence-electron chi connectivity index (χ0n) is 11.1. The number of carbonyl (C=O) groups is 1. The average molecular weight is 285 g/mol. The SMILES string of the molecule is CCN(CC(F)(F)F)C(=O)c1cccc2cc(C)oc12. The summed E-state index contributed by atoms with van der Waals surface area (Å²) in [6.45, 7) is 1.95. The Kier molecular flexibility index (Phi) is 3.74. The fourth-order valence-corrected chi connectivity index (χ4v) is 2.07. The van der Waals surface area contributed by atoms with E-state index in [0.29, 0.717) is 16.7 Å². The maximum atomic E-state index is 12.5. The van der Waals surface area contributed by atoms with Gasteiger partial charge in [-0.2, -0.15) is 13.2 Å². The first-order chi connectivity index (χ1) is 9.31. The molecule has 108 valence electrons. The van der Waals surface area contributed by atoms with E-state index < -0.39 is 18.6 Å². The Morgan fingerprint density at radius 2 is 2.05 bits per heavy atom. The molecule has 2 rings (SSSR count). The van der Waals surface area contributed by atoms with Gasteiger partial charge in [-0.05, 0) is 26.0 Å². The van der Waals surface area contributed by atoms with Crippen molar-refractivity contribution < 1.29 is 22.4 Å². The molecule has 0 fully saturated rings. The second kappa shape index (κ2) is 5.19. The molecule has 6 heteroatoms. The number of hydrogen-bond donors (Lipinski definition) is 0. The van der Waals surface area contributed by atoms with Gasteiger partial charge in [0.05, 0.1) is 5.56 Å². The van der Waals surface area contributed by atoms with Gasteiger partial charge in [0.25, 0.3) is 5.91 Å². The first kappa shape index (κ1) is 14.4. The van der Waals surface area contributed by atoms with Crippen molar-refractivity contribution in [2.24, 2.45) is 0 Å². The topological polar surface area (TPSA) is 33.5 Å². The number of fused-ring (bicyclic) bond motifs is 1. The number of rotatable bonds is 3. The van der Waals surface area contributed by atoms with Crippen molar-refractivity contribution >= 4 is 16.9 Å². The number of amides is 1. The number of nitrogens with zero attached hydrogens (tertiary/aromatic N) is 1. The Balaban J connectivity index is 2.39. The second-order valence-electron chi connectivity index (χ2n) is 4.52. The van der Waals surface area contributed by atoms with E-state index in [1.807, 2.05) is 0 Å². The summed E-state index contributed by atoms with van der Waals surface area (Å²) >= 11 is 0. The van der Waals surface area contributed by atoms with E-state index in [2.05, 4.69) is 0 Å². The lowest BCUT2D eigenvalue weighted by molar-refractivity contribution is -0.140. The zero-order valence-corrected chi connectivity index (χ0v) is 11.1. The molecule has 0 aliphatic rings. The van der Waals surface area contributed by atoms with E-state index in [-0.39, 0.29) is 12.1 Å². The van der Waals surface area contributed by atoms with E-state index in [9.17, 15) is 18.0 Å². The van der Waals surface area contributed by atoms with Gasteiger partial charge in [-0.1, -0.05) is 12.1 Å². The summed E-state index contributed by atoms with van der Waals surface area (Å²) in [4.78, 5) is 13.0. The van der Waals surface area contributed by atoms with Gasteiger partial charge >= 0.3 is 6.18 Å². The zero-order chi connectivity index (χ0) is 14.9. The van der Waals surface area contributed by atoms with Gasteiger partial charge in [-0.3, -0.25) is 4.79 Å². The minimum Gasteiger partial charge on any atom is -0.461 e. The Morgan fingerprint density at radius 1 is 1.35 bits per heavy atom. The van der Waals surface area contributed by atoms with Crippen LogP contribution in [-0.2, 0) is 0 Å². The summed E-state index contributed by atoms with van der Waals surface area (Å²) in [5.41, 5.74) is 0.484. The predicted molar refractivity (Wildman–Crippen MR) is 68.6 cm³/mol. The molecule has 20 heavy (non-hydrogen) atoms. The number of carbonyl (C=O) groups excluding carboxylic acids is 1. The standard InChI is InChI=1S/C14H14F3NO2/c1-3-18(8-14(15,16)17)13(19)11-6-4-5-10-7-9(2)20-12(10)11/h4-7H,3,8H2,1-2H3. The van der Waals surface area contributed by atoms with Crippen LogP contribution in [0.15, 0.2) is 28.7 Å². The van der Waals surface area contributed by atoms with Crippen LogP contribution in [0.2, 0.25) is 0 Å². The van der Waals surface area contributed by atoms with E-state index in [0.717, 1.165) is 4.90 Å². The molecule has 0 aliphatic heterocycles. The summed E-state index contributed by atoms with van der Waals surface area (Å²) in [7, 11) is 0. The summed E-state index contributed by atoms with van der Waals surface area (Å²) < 4.78 is 42.8. The molecule has 0 aliphatic carbocycles. The van der Waals surface area contributed by atoms with Crippen LogP contribution in [0.3, 0.4) is 0 Å². The molecule has 2 aromatic rings. The fourth-order valence-electron chi connectivity index (χ4n) is 2.07. The van der Waals surface area contributed by atoms with Crippen LogP contribution >= 0.6 is 0 Å². The molecule has 0 saturated carbocycles. The van der Waals surface area contributed by atoms with Crippen LogP contribution in [0.1, 0.15) is 23.0 Å². The number of benzene rings is 1. The maximum absolute atomic E-state index is 12.5. The smallest absolute Gasteiger partial charge is 0.406 e. The van der Waals surface area contributed by atoms with Crippen molar-refractivity contribution in [2.45, 2.75) is 20.0 Å². The Bertz CT molecular complexity index is 631. The minimum atomic E-state index is -4.42. The van der Waals surface area contributed by atoms with Gasteiger partial charge in [0.15, 0.2) is 0 Å². The third-order valence-corrected chi connectivity index (χ3v) is 2.94. The lowest BCUT2D eigenvalue weighted by Gasteiger charge is -2.22. The number of hydrogen-bond acceptors (Lipinski definition) is 2. The molecule has 1 amide bonds. The molecule has 0 unspecified atom stereocenters. The number of para-hydroxylation sites is 1. The number of aryl methyl sites for hydroxylation is 1. The molecular formula is C14H14F3NO2. The van der Waals surface area contributed by atoms with Gasteiger partial charge in [0, 0.05) is 11.9 Å². The maximum Gasteiger partial charge on any atom is 0.406 e. The van der Waals surface area contributed by atoms with Crippen molar-refractivity contribution in [3.8, 4) is 0 Å². The highest BCUT2D eigenvalue weighted by Gasteiger charge is 2.33. The van der Waals surface area contributed by atoms with Crippen molar-refractivity contribution in [3.63, 3.8) is 0 Å². The first-order valence-corrected chi connectivity index (χ1v) is 6.17. The highest BCUT2D eigenvalue weighted by atomic mass is 19.4. The molecule has 1 aromatic heterocycles. The van der Waals surface area contributed by atoms with E-state index in [1.165, 1.54) is 13.0 Å². The lowest BCUT2D eigenvalue weighted by atomic mass is 10.1. The predicted octanol–water partition coefficient (Wildman–Crippen LogP) is 3.77. The molecule has 1 heterocycles. The highest BCUT2D eigenvalue weighted by Crippen LogP contribution is 2.25. The summed E-state index contributed by atoms with van der Waals surface area (Å²) in [5.74, 6) is -0.0658. The minimum absolute atomic E-state index is 0.0194. The summed E-state index contributed by atoms with van der Waals surface area (Å²) in [6.07, 6.45) is -4.42. The molecule has 0 radical (unpaired) electrons. The van der Waals surface area contributed by atoms with Crippen LogP contribution < -0.4 is 0 Å². The first-order valence-electron chi connectivity index (χ1n) is 6.17. The van der Waals surface area contributed by atoms with Crippen molar-refractivity contribution in [3.05, 3.63) is 35.6 Å². The van der Waals surface area contributed by atoms with Crippen LogP contribution in [-0.4, -0.2) is 30.1 Å².